The van der Waals surface area contributed by atoms with Gasteiger partial charge in [0.1, 0.15) is 5.78 Å². The molecule has 3 heteroatoms. The van der Waals surface area contributed by atoms with Crippen molar-refractivity contribution in [2.75, 3.05) is 17.6 Å². The van der Waals surface area contributed by atoms with E-state index in [0.29, 0.717) is 6.54 Å². The fourth-order valence-corrected chi connectivity index (χ4v) is 0.828. The second-order valence-electron chi connectivity index (χ2n) is 2.68. The molecule has 0 heterocycles. The molecule has 0 radical (unpaired) electrons. The lowest BCUT2D eigenvalue weighted by atomic mass is 10.3. The molecule has 3 nitrogen and oxygen atoms in total. The van der Waals surface area contributed by atoms with Crippen LogP contribution in [0.3, 0.4) is 0 Å². The summed E-state index contributed by atoms with van der Waals surface area (Å²) < 4.78 is 0. The third kappa shape index (κ3) is 2.62. The van der Waals surface area contributed by atoms with Crippen LogP contribution in [0.25, 0.3) is 0 Å². The van der Waals surface area contributed by atoms with Gasteiger partial charge in [0.15, 0.2) is 0 Å². The standard InChI is InChI=1S/C9H12N2O/c1-7(12)6-11-9-4-2-8(10)3-5-9/h2-5,11H,6,10H2,1H3. The number of anilines is 2. The van der Waals surface area contributed by atoms with Gasteiger partial charge >= 0.3 is 0 Å². The molecule has 64 valence electrons. The molecule has 0 aliphatic rings. The van der Waals surface area contributed by atoms with Crippen molar-refractivity contribution in [2.24, 2.45) is 0 Å². The van der Waals surface area contributed by atoms with Gasteiger partial charge in [0.05, 0.1) is 6.54 Å². The Morgan fingerprint density at radius 3 is 2.50 bits per heavy atom. The van der Waals surface area contributed by atoms with Crippen molar-refractivity contribution in [1.82, 2.24) is 0 Å². The average Bonchev–Trinajstić information content (AvgIpc) is 2.03. The Labute approximate surface area is 71.6 Å². The van der Waals surface area contributed by atoms with Crippen molar-refractivity contribution in [1.29, 1.82) is 0 Å². The number of nitrogens with two attached hydrogens (primary N) is 1. The van der Waals surface area contributed by atoms with Gasteiger partial charge in [-0.05, 0) is 31.2 Å². The first kappa shape index (κ1) is 8.59. The summed E-state index contributed by atoms with van der Waals surface area (Å²) in [6, 6.07) is 7.28. The van der Waals surface area contributed by atoms with E-state index in [1.807, 2.05) is 12.1 Å². The Balaban J connectivity index is 2.53. The van der Waals surface area contributed by atoms with Crippen LogP contribution in [0.5, 0.6) is 0 Å². The normalized spacial score (nSPS) is 9.42. The molecule has 0 bridgehead atoms. The molecule has 0 spiro atoms. The Morgan fingerprint density at radius 2 is 2.00 bits per heavy atom. The van der Waals surface area contributed by atoms with Gasteiger partial charge in [0, 0.05) is 11.4 Å². The van der Waals surface area contributed by atoms with Crippen LogP contribution < -0.4 is 11.1 Å². The number of hydrogen-bond acceptors (Lipinski definition) is 3. The Kier molecular flexibility index (Phi) is 2.69. The Hall–Kier alpha value is -1.51. The smallest absolute Gasteiger partial charge is 0.148 e. The zero-order chi connectivity index (χ0) is 8.97. The van der Waals surface area contributed by atoms with Gasteiger partial charge in [-0.3, -0.25) is 4.79 Å². The average molecular weight is 164 g/mol. The van der Waals surface area contributed by atoms with Crippen molar-refractivity contribution >= 4 is 17.2 Å². The molecule has 1 aromatic rings. The molecule has 0 fully saturated rings. The second kappa shape index (κ2) is 3.76. The van der Waals surface area contributed by atoms with Crippen molar-refractivity contribution in [2.45, 2.75) is 6.92 Å². The highest BCUT2D eigenvalue weighted by molar-refractivity contribution is 5.80. The molecule has 0 atom stereocenters. The molecule has 1 rings (SSSR count). The van der Waals surface area contributed by atoms with Crippen LogP contribution in [0.15, 0.2) is 24.3 Å². The van der Waals surface area contributed by atoms with Crippen LogP contribution in [0.4, 0.5) is 11.4 Å². The number of nitrogens with one attached hydrogen (secondary N) is 1. The van der Waals surface area contributed by atoms with Crippen LogP contribution in [-0.4, -0.2) is 12.3 Å². The van der Waals surface area contributed by atoms with E-state index in [1.165, 1.54) is 0 Å². The molecule has 1 aromatic carbocycles. The maximum Gasteiger partial charge on any atom is 0.148 e. The summed E-state index contributed by atoms with van der Waals surface area (Å²) in [5, 5.41) is 2.97. The van der Waals surface area contributed by atoms with Gasteiger partial charge in [-0.2, -0.15) is 0 Å². The number of nitrogen functional groups attached to an aromatic ring is 1. The maximum atomic E-state index is 10.6. The fraction of sp³-hybridized carbons (Fsp3) is 0.222. The number of Topliss-reactive ketones (excluding diaryl/α,β-unsaturated/α-hetero) is 1. The van der Waals surface area contributed by atoms with Crippen LogP contribution in [0.2, 0.25) is 0 Å². The van der Waals surface area contributed by atoms with E-state index in [-0.39, 0.29) is 5.78 Å². The molecule has 0 unspecified atom stereocenters. The second-order valence-corrected chi connectivity index (χ2v) is 2.68. The summed E-state index contributed by atoms with van der Waals surface area (Å²) >= 11 is 0. The minimum absolute atomic E-state index is 0.117. The SMILES string of the molecule is CC(=O)CNc1ccc(N)cc1. The Bertz CT molecular complexity index is 266. The van der Waals surface area contributed by atoms with E-state index in [9.17, 15) is 4.79 Å². The van der Waals surface area contributed by atoms with Crippen molar-refractivity contribution < 1.29 is 4.79 Å². The van der Waals surface area contributed by atoms with Gasteiger partial charge < -0.3 is 11.1 Å². The number of hydrogen-bond donors (Lipinski definition) is 2. The molecular weight excluding hydrogens is 152 g/mol. The molecule has 0 aliphatic heterocycles. The minimum atomic E-state index is 0.117. The largest absolute Gasteiger partial charge is 0.399 e. The first-order chi connectivity index (χ1) is 5.68. The number of rotatable bonds is 3. The number of ketones is 1. The quantitative estimate of drug-likeness (QED) is 0.661. The van der Waals surface area contributed by atoms with E-state index in [0.717, 1.165) is 11.4 Å². The van der Waals surface area contributed by atoms with Crippen LogP contribution >= 0.6 is 0 Å². The van der Waals surface area contributed by atoms with Crippen LogP contribution in [0.1, 0.15) is 6.92 Å². The molecule has 0 amide bonds. The first-order valence-electron chi connectivity index (χ1n) is 3.77. The monoisotopic (exact) mass is 164 g/mol. The van der Waals surface area contributed by atoms with Crippen molar-refractivity contribution in [3.8, 4) is 0 Å². The lowest BCUT2D eigenvalue weighted by Gasteiger charge is -2.02. The van der Waals surface area contributed by atoms with Gasteiger partial charge in [-0.25, -0.2) is 0 Å². The van der Waals surface area contributed by atoms with Crippen LogP contribution in [0, 0.1) is 0 Å². The minimum Gasteiger partial charge on any atom is -0.399 e. The first-order valence-corrected chi connectivity index (χ1v) is 3.77. The summed E-state index contributed by atoms with van der Waals surface area (Å²) in [7, 11) is 0. The molecule has 0 saturated carbocycles. The highest BCUT2D eigenvalue weighted by atomic mass is 16.1. The summed E-state index contributed by atoms with van der Waals surface area (Å²) in [6.45, 7) is 1.91. The lowest BCUT2D eigenvalue weighted by molar-refractivity contribution is -0.115. The van der Waals surface area contributed by atoms with Crippen LogP contribution in [-0.2, 0) is 4.79 Å². The highest BCUT2D eigenvalue weighted by Crippen LogP contribution is 2.09. The van der Waals surface area contributed by atoms with Crippen molar-refractivity contribution in [3.63, 3.8) is 0 Å². The summed E-state index contributed by atoms with van der Waals surface area (Å²) in [5.41, 5.74) is 7.13. The van der Waals surface area contributed by atoms with Gasteiger partial charge in [0.25, 0.3) is 0 Å². The molecule has 0 aromatic heterocycles. The molecular formula is C9H12N2O. The molecule has 0 saturated heterocycles. The lowest BCUT2D eigenvalue weighted by Crippen LogP contribution is -2.09. The zero-order valence-corrected chi connectivity index (χ0v) is 7.00. The molecule has 0 aliphatic carbocycles. The van der Waals surface area contributed by atoms with Gasteiger partial charge in [-0.15, -0.1) is 0 Å². The number of carbonyl (C=O) groups is 1. The fourth-order valence-electron chi connectivity index (χ4n) is 0.828. The predicted molar refractivity (Wildman–Crippen MR) is 50.0 cm³/mol. The molecule has 12 heavy (non-hydrogen) atoms. The number of carbonyl (C=O) groups excluding carboxylic acids is 1. The van der Waals surface area contributed by atoms with E-state index in [2.05, 4.69) is 5.32 Å². The van der Waals surface area contributed by atoms with Crippen molar-refractivity contribution in [3.05, 3.63) is 24.3 Å². The summed E-state index contributed by atoms with van der Waals surface area (Å²) in [6.07, 6.45) is 0. The summed E-state index contributed by atoms with van der Waals surface area (Å²) in [4.78, 5) is 10.6. The summed E-state index contributed by atoms with van der Waals surface area (Å²) in [5.74, 6) is 0.117. The topological polar surface area (TPSA) is 55.1 Å². The Morgan fingerprint density at radius 1 is 1.42 bits per heavy atom. The molecule has 3 N–H and O–H groups in total. The predicted octanol–water partition coefficient (Wildman–Crippen LogP) is 1.27. The maximum absolute atomic E-state index is 10.6. The van der Waals surface area contributed by atoms with E-state index in [4.69, 9.17) is 5.73 Å². The highest BCUT2D eigenvalue weighted by Gasteiger charge is 1.93. The third-order valence-electron chi connectivity index (χ3n) is 1.45. The van der Waals surface area contributed by atoms with E-state index in [1.54, 1.807) is 19.1 Å². The van der Waals surface area contributed by atoms with E-state index >= 15 is 0 Å². The zero-order valence-electron chi connectivity index (χ0n) is 7.00. The van der Waals surface area contributed by atoms with E-state index < -0.39 is 0 Å². The van der Waals surface area contributed by atoms with Gasteiger partial charge in [-0.1, -0.05) is 0 Å². The number of benzene rings is 1. The third-order valence-corrected chi connectivity index (χ3v) is 1.45. The van der Waals surface area contributed by atoms with Gasteiger partial charge in [0.2, 0.25) is 0 Å².